The molecule has 1 fully saturated rings. The summed E-state index contributed by atoms with van der Waals surface area (Å²) in [7, 11) is 0. The van der Waals surface area contributed by atoms with Gasteiger partial charge in [0.2, 0.25) is 11.7 Å². The summed E-state index contributed by atoms with van der Waals surface area (Å²) in [4.78, 5) is 4.43. The molecule has 1 saturated carbocycles. The first kappa shape index (κ1) is 14.5. The topological polar surface area (TPSA) is 68.4 Å². The summed E-state index contributed by atoms with van der Waals surface area (Å²) < 4.78 is 11.2. The number of aliphatic hydroxyl groups is 1. The van der Waals surface area contributed by atoms with Crippen LogP contribution in [0.1, 0.15) is 58.2 Å². The van der Waals surface area contributed by atoms with E-state index in [1.54, 1.807) is 6.92 Å². The Bertz CT molecular complexity index is 395. The molecule has 5 nitrogen and oxygen atoms in total. The van der Waals surface area contributed by atoms with E-state index < -0.39 is 6.10 Å². The van der Waals surface area contributed by atoms with Gasteiger partial charge in [0.05, 0.1) is 12.5 Å². The maximum absolute atomic E-state index is 9.37. The van der Waals surface area contributed by atoms with E-state index in [0.717, 1.165) is 31.6 Å². The van der Waals surface area contributed by atoms with Crippen molar-refractivity contribution in [3.8, 4) is 0 Å². The van der Waals surface area contributed by atoms with Gasteiger partial charge in [0.15, 0.2) is 0 Å². The molecule has 1 aromatic rings. The third-order valence-electron chi connectivity index (χ3n) is 3.85. The second kappa shape index (κ2) is 6.01. The molecular formula is C14H24N2O3. The average Bonchev–Trinajstić information content (AvgIpc) is 2.81. The van der Waals surface area contributed by atoms with E-state index in [1.165, 1.54) is 0 Å². The van der Waals surface area contributed by atoms with Gasteiger partial charge in [0, 0.05) is 6.61 Å². The standard InChI is InChI=1S/C14H24N2O3/c1-4-18-14(7-5-10(2)6-8-14)13-15-12(19-16-13)9-11(3)17/h10-11,17H,4-9H2,1-3H3. The second-order valence-corrected chi connectivity index (χ2v) is 5.67. The second-order valence-electron chi connectivity index (χ2n) is 5.67. The lowest BCUT2D eigenvalue weighted by atomic mass is 9.79. The highest BCUT2D eigenvalue weighted by atomic mass is 16.5. The minimum atomic E-state index is -0.470. The lowest BCUT2D eigenvalue weighted by Crippen LogP contribution is -2.35. The van der Waals surface area contributed by atoms with Crippen molar-refractivity contribution >= 4 is 0 Å². The van der Waals surface area contributed by atoms with Crippen molar-refractivity contribution in [3.05, 3.63) is 11.7 Å². The van der Waals surface area contributed by atoms with E-state index in [0.29, 0.717) is 24.7 Å². The van der Waals surface area contributed by atoms with Crippen molar-refractivity contribution in [3.63, 3.8) is 0 Å². The highest BCUT2D eigenvalue weighted by Crippen LogP contribution is 2.41. The molecule has 0 radical (unpaired) electrons. The summed E-state index contributed by atoms with van der Waals surface area (Å²) in [5.74, 6) is 1.87. The van der Waals surface area contributed by atoms with Gasteiger partial charge in [-0.25, -0.2) is 0 Å². The molecule has 0 saturated heterocycles. The molecule has 1 aliphatic carbocycles. The largest absolute Gasteiger partial charge is 0.393 e. The van der Waals surface area contributed by atoms with E-state index in [2.05, 4.69) is 17.1 Å². The number of nitrogens with zero attached hydrogens (tertiary/aromatic N) is 2. The van der Waals surface area contributed by atoms with Gasteiger partial charge in [-0.15, -0.1) is 0 Å². The van der Waals surface area contributed by atoms with Gasteiger partial charge in [-0.05, 0) is 45.4 Å². The lowest BCUT2D eigenvalue weighted by molar-refractivity contribution is -0.0847. The van der Waals surface area contributed by atoms with Crippen LogP contribution in [0.15, 0.2) is 4.52 Å². The normalized spacial score (nSPS) is 29.4. The maximum atomic E-state index is 9.37. The summed E-state index contributed by atoms with van der Waals surface area (Å²) in [5, 5.41) is 13.5. The summed E-state index contributed by atoms with van der Waals surface area (Å²) in [6.07, 6.45) is 4.06. The van der Waals surface area contributed by atoms with Gasteiger partial charge in [0.25, 0.3) is 0 Å². The van der Waals surface area contributed by atoms with Crippen LogP contribution in [-0.2, 0) is 16.8 Å². The zero-order chi connectivity index (χ0) is 13.9. The van der Waals surface area contributed by atoms with Crippen molar-refractivity contribution in [2.45, 2.75) is 64.6 Å². The van der Waals surface area contributed by atoms with Crippen LogP contribution in [0.3, 0.4) is 0 Å². The Morgan fingerprint density at radius 2 is 2.16 bits per heavy atom. The molecule has 19 heavy (non-hydrogen) atoms. The third kappa shape index (κ3) is 3.34. The van der Waals surface area contributed by atoms with Crippen LogP contribution in [0, 0.1) is 5.92 Å². The summed E-state index contributed by atoms with van der Waals surface area (Å²) in [6.45, 7) is 6.63. The molecule has 5 heteroatoms. The van der Waals surface area contributed by atoms with Crippen LogP contribution in [0.25, 0.3) is 0 Å². The molecule has 0 amide bonds. The van der Waals surface area contributed by atoms with E-state index in [1.807, 2.05) is 6.92 Å². The summed E-state index contributed by atoms with van der Waals surface area (Å²) in [6, 6.07) is 0. The maximum Gasteiger partial charge on any atom is 0.229 e. The van der Waals surface area contributed by atoms with Crippen molar-refractivity contribution in [2.75, 3.05) is 6.61 Å². The number of hydrogen-bond acceptors (Lipinski definition) is 5. The molecule has 0 spiro atoms. The average molecular weight is 268 g/mol. The minimum Gasteiger partial charge on any atom is -0.393 e. The molecule has 0 aromatic carbocycles. The molecule has 0 bridgehead atoms. The van der Waals surface area contributed by atoms with Gasteiger partial charge in [-0.1, -0.05) is 12.1 Å². The van der Waals surface area contributed by atoms with Gasteiger partial charge in [0.1, 0.15) is 5.60 Å². The minimum absolute atomic E-state index is 0.387. The zero-order valence-electron chi connectivity index (χ0n) is 12.1. The van der Waals surface area contributed by atoms with Crippen LogP contribution in [0.2, 0.25) is 0 Å². The monoisotopic (exact) mass is 268 g/mol. The van der Waals surface area contributed by atoms with Crippen LogP contribution in [0.5, 0.6) is 0 Å². The highest BCUT2D eigenvalue weighted by molar-refractivity contribution is 5.04. The molecule has 1 aliphatic rings. The van der Waals surface area contributed by atoms with E-state index in [4.69, 9.17) is 9.26 Å². The van der Waals surface area contributed by atoms with Gasteiger partial charge in [-0.3, -0.25) is 0 Å². The Morgan fingerprint density at radius 3 is 2.74 bits per heavy atom. The van der Waals surface area contributed by atoms with Crippen LogP contribution < -0.4 is 0 Å². The Hall–Kier alpha value is -0.940. The van der Waals surface area contributed by atoms with Crippen molar-refractivity contribution < 1.29 is 14.4 Å². The number of ether oxygens (including phenoxy) is 1. The molecule has 1 N–H and O–H groups in total. The molecule has 1 atom stereocenters. The van der Waals surface area contributed by atoms with E-state index in [9.17, 15) is 5.11 Å². The molecule has 108 valence electrons. The smallest absolute Gasteiger partial charge is 0.229 e. The van der Waals surface area contributed by atoms with Gasteiger partial charge >= 0.3 is 0 Å². The van der Waals surface area contributed by atoms with Crippen LogP contribution in [-0.4, -0.2) is 28.0 Å². The molecule has 0 aliphatic heterocycles. The quantitative estimate of drug-likeness (QED) is 0.888. The van der Waals surface area contributed by atoms with Crippen molar-refractivity contribution in [1.82, 2.24) is 10.1 Å². The van der Waals surface area contributed by atoms with Crippen LogP contribution >= 0.6 is 0 Å². The van der Waals surface area contributed by atoms with Crippen LogP contribution in [0.4, 0.5) is 0 Å². The highest BCUT2D eigenvalue weighted by Gasteiger charge is 2.40. The molecular weight excluding hydrogens is 244 g/mol. The molecule has 1 unspecified atom stereocenters. The predicted octanol–water partition coefficient (Wildman–Crippen LogP) is 2.43. The summed E-state index contributed by atoms with van der Waals surface area (Å²) in [5.41, 5.74) is -0.387. The Kier molecular flexibility index (Phi) is 4.58. The third-order valence-corrected chi connectivity index (χ3v) is 3.85. The Morgan fingerprint density at radius 1 is 1.47 bits per heavy atom. The fourth-order valence-electron chi connectivity index (χ4n) is 2.71. The summed E-state index contributed by atoms with van der Waals surface area (Å²) >= 11 is 0. The molecule has 1 aromatic heterocycles. The number of aliphatic hydroxyl groups excluding tert-OH is 1. The molecule has 1 heterocycles. The lowest BCUT2D eigenvalue weighted by Gasteiger charge is -2.36. The zero-order valence-corrected chi connectivity index (χ0v) is 12.1. The van der Waals surface area contributed by atoms with Gasteiger partial charge in [-0.2, -0.15) is 4.98 Å². The first-order valence-corrected chi connectivity index (χ1v) is 7.21. The fourth-order valence-corrected chi connectivity index (χ4v) is 2.71. The number of aromatic nitrogens is 2. The van der Waals surface area contributed by atoms with Crippen molar-refractivity contribution in [2.24, 2.45) is 5.92 Å². The number of hydrogen-bond donors (Lipinski definition) is 1. The Labute approximate surface area is 114 Å². The first-order chi connectivity index (χ1) is 9.05. The van der Waals surface area contributed by atoms with Gasteiger partial charge < -0.3 is 14.4 Å². The fraction of sp³-hybridized carbons (Fsp3) is 0.857. The Balaban J connectivity index is 2.16. The SMILES string of the molecule is CCOC1(c2noc(CC(C)O)n2)CCC(C)CC1. The predicted molar refractivity (Wildman–Crippen MR) is 70.6 cm³/mol. The number of rotatable bonds is 5. The van der Waals surface area contributed by atoms with E-state index >= 15 is 0 Å². The first-order valence-electron chi connectivity index (χ1n) is 7.21. The van der Waals surface area contributed by atoms with Crippen molar-refractivity contribution in [1.29, 1.82) is 0 Å². The van der Waals surface area contributed by atoms with E-state index in [-0.39, 0.29) is 5.60 Å². The molecule has 2 rings (SSSR count).